The number of aromatic nitrogens is 2. The molecule has 0 fully saturated rings. The molecule has 4 rings (SSSR count). The molecular weight excluding hydrogens is 468 g/mol. The predicted octanol–water partition coefficient (Wildman–Crippen LogP) is 4.80. The maximum absolute atomic E-state index is 12.6. The minimum atomic E-state index is -0.291. The van der Waals surface area contributed by atoms with Crippen LogP contribution in [0.1, 0.15) is 24.2 Å². The van der Waals surface area contributed by atoms with Crippen molar-refractivity contribution in [3.63, 3.8) is 0 Å². The van der Waals surface area contributed by atoms with Crippen molar-refractivity contribution in [1.82, 2.24) is 9.55 Å². The maximum Gasteiger partial charge on any atom is 0.245 e. The number of amides is 1. The summed E-state index contributed by atoms with van der Waals surface area (Å²) in [5.41, 5.74) is 1.57. The van der Waals surface area contributed by atoms with Gasteiger partial charge in [0.15, 0.2) is 5.82 Å². The minimum absolute atomic E-state index is 0.206. The summed E-state index contributed by atoms with van der Waals surface area (Å²) in [6.07, 6.45) is 0. The summed E-state index contributed by atoms with van der Waals surface area (Å²) in [5, 5.41) is 6.90. The molecule has 0 bridgehead atoms. The third-order valence-electron chi connectivity index (χ3n) is 4.46. The number of halogens is 1. The molecule has 3 aromatic rings. The van der Waals surface area contributed by atoms with Crippen LogP contribution in [0.3, 0.4) is 0 Å². The fourth-order valence-corrected chi connectivity index (χ4v) is 4.38. The van der Waals surface area contributed by atoms with Gasteiger partial charge < -0.3 is 4.74 Å². The SMILES string of the molecule is COc1ccc(-c2nc3c(n2C(C)=O)SC(c2ccc(Br)cc2)=NN3C(C)=O)cc1. The number of methoxy groups -OCH3 is 1. The van der Waals surface area contributed by atoms with Crippen molar-refractivity contribution in [3.05, 3.63) is 58.6 Å². The van der Waals surface area contributed by atoms with Gasteiger partial charge in [0, 0.05) is 29.4 Å². The Morgan fingerprint density at radius 2 is 1.60 bits per heavy atom. The van der Waals surface area contributed by atoms with Crippen molar-refractivity contribution in [2.24, 2.45) is 5.10 Å². The summed E-state index contributed by atoms with van der Waals surface area (Å²) in [4.78, 5) is 29.6. The van der Waals surface area contributed by atoms with Gasteiger partial charge in [0.1, 0.15) is 21.6 Å². The normalized spacial score (nSPS) is 12.9. The number of imidazole rings is 1. The molecule has 0 radical (unpaired) electrons. The molecule has 1 amide bonds. The molecule has 7 nitrogen and oxygen atoms in total. The first-order valence-electron chi connectivity index (χ1n) is 9.00. The van der Waals surface area contributed by atoms with E-state index < -0.39 is 0 Å². The zero-order chi connectivity index (χ0) is 21.4. The molecule has 152 valence electrons. The van der Waals surface area contributed by atoms with Crippen LogP contribution in [-0.2, 0) is 4.79 Å². The van der Waals surface area contributed by atoms with E-state index in [-0.39, 0.29) is 11.8 Å². The molecule has 1 aliphatic heterocycles. The van der Waals surface area contributed by atoms with Gasteiger partial charge in [-0.25, -0.2) is 4.98 Å². The Hall–Kier alpha value is -2.91. The first kappa shape index (κ1) is 20.4. The minimum Gasteiger partial charge on any atom is -0.497 e. The third kappa shape index (κ3) is 3.66. The van der Waals surface area contributed by atoms with Gasteiger partial charge in [-0.3, -0.25) is 14.2 Å². The quantitative estimate of drug-likeness (QED) is 0.533. The molecule has 0 unspecified atom stereocenters. The zero-order valence-electron chi connectivity index (χ0n) is 16.4. The first-order chi connectivity index (χ1) is 14.4. The molecule has 30 heavy (non-hydrogen) atoms. The molecule has 9 heteroatoms. The van der Waals surface area contributed by atoms with E-state index in [4.69, 9.17) is 4.74 Å². The van der Waals surface area contributed by atoms with Gasteiger partial charge in [0.2, 0.25) is 11.8 Å². The van der Waals surface area contributed by atoms with E-state index in [1.807, 2.05) is 36.4 Å². The second-order valence-corrected chi connectivity index (χ2v) is 8.39. The number of benzene rings is 2. The standard InChI is InChI=1S/C21H17BrN4O3S/c1-12(27)25-18(14-6-10-17(29-3)11-7-14)23-19-21(25)30-20(24-26(19)13(2)28)15-4-8-16(22)9-5-15/h4-11H,1-3H3. The monoisotopic (exact) mass is 484 g/mol. The number of ether oxygens (including phenoxy) is 1. The van der Waals surface area contributed by atoms with Crippen LogP contribution in [0, 0.1) is 0 Å². The van der Waals surface area contributed by atoms with Gasteiger partial charge in [0.25, 0.3) is 0 Å². The Balaban J connectivity index is 1.87. The van der Waals surface area contributed by atoms with Crippen LogP contribution in [0.25, 0.3) is 11.4 Å². The Kier molecular flexibility index (Phi) is 5.48. The molecule has 0 saturated carbocycles. The average Bonchev–Trinajstić information content (AvgIpc) is 3.13. The number of carbonyl (C=O) groups excluding carboxylic acids is 2. The van der Waals surface area contributed by atoms with E-state index in [1.54, 1.807) is 19.2 Å². The van der Waals surface area contributed by atoms with Gasteiger partial charge in [-0.15, -0.1) is 0 Å². The Bertz CT molecular complexity index is 1170. The number of anilines is 1. The van der Waals surface area contributed by atoms with Crippen LogP contribution in [0.5, 0.6) is 5.75 Å². The highest BCUT2D eigenvalue weighted by Gasteiger charge is 2.32. The summed E-state index contributed by atoms with van der Waals surface area (Å²) in [7, 11) is 1.59. The van der Waals surface area contributed by atoms with E-state index in [0.29, 0.717) is 27.5 Å². The van der Waals surface area contributed by atoms with E-state index in [2.05, 4.69) is 26.0 Å². The van der Waals surface area contributed by atoms with Gasteiger partial charge in [-0.05, 0) is 48.2 Å². The van der Waals surface area contributed by atoms with Crippen molar-refractivity contribution >= 4 is 50.4 Å². The Morgan fingerprint density at radius 1 is 0.967 bits per heavy atom. The highest BCUT2D eigenvalue weighted by Crippen LogP contribution is 2.41. The second kappa shape index (κ2) is 8.08. The second-order valence-electron chi connectivity index (χ2n) is 6.49. The molecular formula is C21H17BrN4O3S. The Morgan fingerprint density at radius 3 is 2.17 bits per heavy atom. The smallest absolute Gasteiger partial charge is 0.245 e. The van der Waals surface area contributed by atoms with Crippen LogP contribution in [0.2, 0.25) is 0 Å². The van der Waals surface area contributed by atoms with E-state index >= 15 is 0 Å². The number of carbonyl (C=O) groups is 2. The lowest BCUT2D eigenvalue weighted by atomic mass is 10.2. The van der Waals surface area contributed by atoms with Crippen LogP contribution in [0.15, 0.2) is 63.1 Å². The summed E-state index contributed by atoms with van der Waals surface area (Å²) in [5.74, 6) is 0.990. The number of hydrogen-bond donors (Lipinski definition) is 0. The van der Waals surface area contributed by atoms with Crippen molar-refractivity contribution in [3.8, 4) is 17.1 Å². The van der Waals surface area contributed by atoms with Crippen molar-refractivity contribution in [1.29, 1.82) is 0 Å². The zero-order valence-corrected chi connectivity index (χ0v) is 18.8. The van der Waals surface area contributed by atoms with Gasteiger partial charge in [-0.1, -0.05) is 28.1 Å². The molecule has 1 aromatic heterocycles. The highest BCUT2D eigenvalue weighted by molar-refractivity contribution is 9.10. The molecule has 2 heterocycles. The number of fused-ring (bicyclic) bond motifs is 1. The molecule has 0 N–H and O–H groups in total. The number of hydrazone groups is 1. The summed E-state index contributed by atoms with van der Waals surface area (Å²) < 4.78 is 7.67. The van der Waals surface area contributed by atoms with E-state index in [0.717, 1.165) is 15.6 Å². The fraction of sp³-hybridized carbons (Fsp3) is 0.143. The van der Waals surface area contributed by atoms with Gasteiger partial charge in [0.05, 0.1) is 7.11 Å². The van der Waals surface area contributed by atoms with Gasteiger partial charge >= 0.3 is 0 Å². The molecule has 2 aromatic carbocycles. The third-order valence-corrected chi connectivity index (χ3v) is 6.05. The van der Waals surface area contributed by atoms with E-state index in [9.17, 15) is 9.59 Å². The largest absolute Gasteiger partial charge is 0.497 e. The number of hydrogen-bond acceptors (Lipinski definition) is 6. The predicted molar refractivity (Wildman–Crippen MR) is 120 cm³/mol. The number of nitrogens with zero attached hydrogens (tertiary/aromatic N) is 4. The van der Waals surface area contributed by atoms with Crippen LogP contribution in [-0.4, -0.2) is 33.5 Å². The lowest BCUT2D eigenvalue weighted by Gasteiger charge is -2.21. The van der Waals surface area contributed by atoms with Gasteiger partial charge in [-0.2, -0.15) is 10.1 Å². The van der Waals surface area contributed by atoms with Crippen LogP contribution in [0.4, 0.5) is 5.82 Å². The van der Waals surface area contributed by atoms with Crippen LogP contribution < -0.4 is 9.75 Å². The van der Waals surface area contributed by atoms with Crippen molar-refractivity contribution in [2.75, 3.05) is 12.1 Å². The van der Waals surface area contributed by atoms with Crippen molar-refractivity contribution < 1.29 is 14.3 Å². The van der Waals surface area contributed by atoms with E-state index in [1.165, 1.54) is 35.2 Å². The number of rotatable bonds is 3. The molecule has 0 atom stereocenters. The van der Waals surface area contributed by atoms with Crippen molar-refractivity contribution in [2.45, 2.75) is 18.9 Å². The highest BCUT2D eigenvalue weighted by atomic mass is 79.9. The summed E-state index contributed by atoms with van der Waals surface area (Å²) >= 11 is 4.73. The summed E-state index contributed by atoms with van der Waals surface area (Å²) in [6, 6.07) is 14.8. The number of thioether (sulfide) groups is 1. The topological polar surface area (TPSA) is 76.8 Å². The maximum atomic E-state index is 12.6. The fourth-order valence-electron chi connectivity index (χ4n) is 3.03. The molecule has 0 saturated heterocycles. The Labute approximate surface area is 185 Å². The van der Waals surface area contributed by atoms with Crippen LogP contribution >= 0.6 is 27.7 Å². The first-order valence-corrected chi connectivity index (χ1v) is 10.6. The molecule has 1 aliphatic rings. The molecule has 0 aliphatic carbocycles. The summed E-state index contributed by atoms with van der Waals surface area (Å²) in [6.45, 7) is 2.89. The lowest BCUT2D eigenvalue weighted by Crippen LogP contribution is -2.28. The molecule has 0 spiro atoms. The average molecular weight is 485 g/mol. The lowest BCUT2D eigenvalue weighted by molar-refractivity contribution is -0.116.